The van der Waals surface area contributed by atoms with Crippen LogP contribution in [0.3, 0.4) is 0 Å². The maximum atomic E-state index is 13.3. The van der Waals surface area contributed by atoms with Crippen LogP contribution in [-0.4, -0.2) is 39.3 Å². The minimum Gasteiger partial charge on any atom is -0.511 e. The molecule has 0 aromatic carbocycles. The van der Waals surface area contributed by atoms with Gasteiger partial charge in [0.05, 0.1) is 28.5 Å². The molecule has 0 amide bonds. The number of carboxylic acids is 1. The molecule has 9 heteroatoms. The van der Waals surface area contributed by atoms with Gasteiger partial charge in [-0.3, -0.25) is 9.59 Å². The van der Waals surface area contributed by atoms with E-state index in [9.17, 15) is 19.8 Å². The van der Waals surface area contributed by atoms with Gasteiger partial charge in [0.25, 0.3) is 0 Å². The van der Waals surface area contributed by atoms with Gasteiger partial charge in [-0.05, 0) is 75.0 Å². The lowest BCUT2D eigenvalue weighted by Gasteiger charge is -2.17. The maximum Gasteiger partial charge on any atom is 0.311 e. The van der Waals surface area contributed by atoms with Crippen molar-refractivity contribution in [2.75, 3.05) is 0 Å². The number of nitrogens with one attached hydrogen (secondary N) is 1. The Kier molecular flexibility index (Phi) is 12.5. The number of aliphatic imine (C=N–C) groups is 3. The lowest BCUT2D eigenvalue weighted by atomic mass is 9.86. The summed E-state index contributed by atoms with van der Waals surface area (Å²) in [5.74, 6) is -0.560. The number of aliphatic hydroxyl groups excluding tert-OH is 1. The van der Waals surface area contributed by atoms with Crippen molar-refractivity contribution in [3.8, 4) is 0 Å². The SMILES string of the molecule is CCCCCCCCCCCCCC(=O)OC1=C(C)C2=NC1=CC1=NC(=CC3=C(C)C4=C(O)CC(=C5NC(=C2)[C@@H](C)[C@@H]5CCC(=O)O)C4=N3)C(CC)=C1C. The molecule has 0 radical (unpaired) electrons. The topological polar surface area (TPSA) is 133 Å². The highest BCUT2D eigenvalue weighted by molar-refractivity contribution is 6.21. The minimum atomic E-state index is -0.847. The number of carbonyl (C=O) groups is 2. The van der Waals surface area contributed by atoms with Crippen LogP contribution in [0.15, 0.2) is 107 Å². The molecule has 5 aliphatic heterocycles. The summed E-state index contributed by atoms with van der Waals surface area (Å²) in [5, 5.41) is 24.6. The molecule has 0 unspecified atom stereocenters. The monoisotopic (exact) mass is 734 g/mol. The quantitative estimate of drug-likeness (QED) is 0.101. The van der Waals surface area contributed by atoms with Crippen LogP contribution in [0, 0.1) is 11.8 Å². The van der Waals surface area contributed by atoms with E-state index in [-0.39, 0.29) is 30.0 Å². The Morgan fingerprint density at radius 3 is 2.13 bits per heavy atom. The molecule has 288 valence electrons. The van der Waals surface area contributed by atoms with E-state index in [0.717, 1.165) is 93.3 Å². The summed E-state index contributed by atoms with van der Waals surface area (Å²) in [5.41, 5.74) is 11.5. The maximum absolute atomic E-state index is 13.3. The number of hydrogen-bond acceptors (Lipinski definition) is 8. The van der Waals surface area contributed by atoms with Crippen LogP contribution in [0.5, 0.6) is 0 Å². The number of rotatable bonds is 17. The molecule has 0 spiro atoms. The van der Waals surface area contributed by atoms with Gasteiger partial charge in [-0.1, -0.05) is 85.0 Å². The number of allylic oxidation sites excluding steroid dienone is 11. The van der Waals surface area contributed by atoms with Crippen molar-refractivity contribution in [3.05, 3.63) is 91.7 Å². The molecule has 1 saturated heterocycles. The van der Waals surface area contributed by atoms with Gasteiger partial charge in [0.15, 0.2) is 5.76 Å². The Labute approximate surface area is 321 Å². The molecule has 3 N–H and O–H groups in total. The molecule has 0 aromatic rings. The molecule has 6 rings (SSSR count). The first-order valence-corrected chi connectivity index (χ1v) is 20.4. The summed E-state index contributed by atoms with van der Waals surface area (Å²) in [6, 6.07) is 0. The van der Waals surface area contributed by atoms with Crippen LogP contribution in [0.1, 0.15) is 144 Å². The third-order valence-electron chi connectivity index (χ3n) is 11.9. The first-order chi connectivity index (χ1) is 26.0. The molecule has 0 aromatic heterocycles. The fourth-order valence-corrected chi connectivity index (χ4v) is 8.59. The lowest BCUT2D eigenvalue weighted by molar-refractivity contribution is -0.139. The number of nitrogens with zero attached hydrogens (tertiary/aromatic N) is 3. The van der Waals surface area contributed by atoms with Crippen molar-refractivity contribution < 1.29 is 24.5 Å². The Morgan fingerprint density at radius 2 is 1.46 bits per heavy atom. The van der Waals surface area contributed by atoms with Gasteiger partial charge in [0.1, 0.15) is 11.5 Å². The predicted molar refractivity (Wildman–Crippen MR) is 216 cm³/mol. The highest BCUT2D eigenvalue weighted by atomic mass is 16.5. The summed E-state index contributed by atoms with van der Waals surface area (Å²) < 4.78 is 6.16. The average Bonchev–Trinajstić information content (AvgIpc) is 3.89. The fourth-order valence-electron chi connectivity index (χ4n) is 8.59. The third kappa shape index (κ3) is 8.25. The fraction of sp³-hybridized carbons (Fsp3) is 0.533. The lowest BCUT2D eigenvalue weighted by Crippen LogP contribution is -2.15. The number of unbranched alkanes of at least 4 members (excludes halogenated alkanes) is 10. The third-order valence-corrected chi connectivity index (χ3v) is 11.9. The average molecular weight is 735 g/mol. The Bertz CT molecular complexity index is 1940. The van der Waals surface area contributed by atoms with E-state index >= 15 is 0 Å². The first-order valence-electron chi connectivity index (χ1n) is 20.4. The van der Waals surface area contributed by atoms with Gasteiger partial charge in [0, 0.05) is 59.2 Å². The summed E-state index contributed by atoms with van der Waals surface area (Å²) in [7, 11) is 0. The van der Waals surface area contributed by atoms with Gasteiger partial charge < -0.3 is 20.3 Å². The highest BCUT2D eigenvalue weighted by Crippen LogP contribution is 2.46. The van der Waals surface area contributed by atoms with E-state index in [1.54, 1.807) is 0 Å². The first kappa shape index (κ1) is 39.2. The normalized spacial score (nSPS) is 21.8. The van der Waals surface area contributed by atoms with E-state index in [2.05, 4.69) is 33.0 Å². The second-order valence-electron chi connectivity index (χ2n) is 15.6. The molecule has 5 heterocycles. The molecule has 0 saturated carbocycles. The molecular weight excluding hydrogens is 677 g/mol. The van der Waals surface area contributed by atoms with Crippen LogP contribution >= 0.6 is 0 Å². The number of aliphatic carboxylic acids is 1. The van der Waals surface area contributed by atoms with Crippen molar-refractivity contribution in [1.82, 2.24) is 5.32 Å². The second kappa shape index (κ2) is 17.3. The van der Waals surface area contributed by atoms with E-state index in [1.165, 1.54) is 51.4 Å². The Morgan fingerprint density at radius 1 is 0.815 bits per heavy atom. The van der Waals surface area contributed by atoms with Crippen molar-refractivity contribution in [3.63, 3.8) is 0 Å². The molecule has 2 atom stereocenters. The molecule has 54 heavy (non-hydrogen) atoms. The van der Waals surface area contributed by atoms with Crippen LogP contribution in [0.2, 0.25) is 0 Å². The smallest absolute Gasteiger partial charge is 0.311 e. The number of ether oxygens (including phenoxy) is 1. The number of aliphatic hydroxyl groups is 1. The second-order valence-corrected chi connectivity index (χ2v) is 15.6. The zero-order chi connectivity index (χ0) is 38.5. The minimum absolute atomic E-state index is 0.0195. The number of hydrogen-bond donors (Lipinski definition) is 3. The van der Waals surface area contributed by atoms with E-state index in [1.807, 2.05) is 32.1 Å². The van der Waals surface area contributed by atoms with E-state index < -0.39 is 5.97 Å². The molecule has 8 bridgehead atoms. The Balaban J connectivity index is 1.29. The van der Waals surface area contributed by atoms with Gasteiger partial charge in [-0.25, -0.2) is 15.0 Å². The molecule has 1 aliphatic carbocycles. The molecule has 1 fully saturated rings. The van der Waals surface area contributed by atoms with Crippen molar-refractivity contribution in [2.45, 2.75) is 144 Å². The van der Waals surface area contributed by atoms with Crippen LogP contribution in [0.25, 0.3) is 0 Å². The van der Waals surface area contributed by atoms with Crippen LogP contribution in [0.4, 0.5) is 0 Å². The summed E-state index contributed by atoms with van der Waals surface area (Å²) >= 11 is 0. The zero-order valence-electron chi connectivity index (χ0n) is 33.2. The molecular formula is C45H58N4O5. The number of carboxylic acid groups (broad SMARTS) is 1. The van der Waals surface area contributed by atoms with Crippen LogP contribution < -0.4 is 5.32 Å². The summed E-state index contributed by atoms with van der Waals surface area (Å²) in [6.07, 6.45) is 21.2. The van der Waals surface area contributed by atoms with Gasteiger partial charge in [-0.2, -0.15) is 0 Å². The van der Waals surface area contributed by atoms with Gasteiger partial charge >= 0.3 is 11.9 Å². The van der Waals surface area contributed by atoms with Crippen molar-refractivity contribution >= 4 is 29.1 Å². The van der Waals surface area contributed by atoms with E-state index in [0.29, 0.717) is 36.4 Å². The number of fused-ring (bicyclic) bond motifs is 5. The van der Waals surface area contributed by atoms with Crippen LogP contribution in [-0.2, 0) is 14.3 Å². The number of esters is 1. The standard InChI is InChI=1S/C45H58N4O5/c1-7-9-10-11-12-13-14-15-16-17-18-19-41(53)54-45-29(6)36-23-34-27(4)31(20-21-40(51)52)43(48-34)32-22-39(50)42-28(5)35(49-44(32)42)24-37-30(8-2)26(3)33(46-37)25-38(45)47-36/h23-25,27,31,48,50H,7-22H2,1-6H3,(H,51,52)/t27-,31-/m0/s1. The van der Waals surface area contributed by atoms with Crippen molar-refractivity contribution in [2.24, 2.45) is 26.8 Å². The molecule has 6 aliphatic rings. The van der Waals surface area contributed by atoms with E-state index in [4.69, 9.17) is 19.7 Å². The molecule has 9 nitrogen and oxygen atoms in total. The zero-order valence-corrected chi connectivity index (χ0v) is 33.2. The number of carbonyl (C=O) groups excluding carboxylic acids is 1. The highest BCUT2D eigenvalue weighted by Gasteiger charge is 2.41. The van der Waals surface area contributed by atoms with Crippen molar-refractivity contribution in [1.29, 1.82) is 0 Å². The summed E-state index contributed by atoms with van der Waals surface area (Å²) in [4.78, 5) is 40.3. The Hall–Kier alpha value is -4.53. The van der Waals surface area contributed by atoms with Gasteiger partial charge in [-0.15, -0.1) is 0 Å². The summed E-state index contributed by atoms with van der Waals surface area (Å²) in [6.45, 7) is 12.4. The predicted octanol–water partition coefficient (Wildman–Crippen LogP) is 10.7. The largest absolute Gasteiger partial charge is 0.511 e. The van der Waals surface area contributed by atoms with Gasteiger partial charge in [0.2, 0.25) is 0 Å².